The summed E-state index contributed by atoms with van der Waals surface area (Å²) in [6.45, 7) is 4.70. The van der Waals surface area contributed by atoms with Crippen LogP contribution in [0.5, 0.6) is 0 Å². The molecule has 1 saturated heterocycles. The van der Waals surface area contributed by atoms with E-state index in [1.807, 2.05) is 32.5 Å². The van der Waals surface area contributed by atoms with Crippen LogP contribution in [0, 0.1) is 6.92 Å². The van der Waals surface area contributed by atoms with Gasteiger partial charge < -0.3 is 20.7 Å². The normalized spacial score (nSPS) is 17.9. The number of pyridine rings is 1. The number of aromatic nitrogens is 5. The van der Waals surface area contributed by atoms with Gasteiger partial charge in [-0.2, -0.15) is 10.2 Å². The molecule has 1 fully saturated rings. The fourth-order valence-corrected chi connectivity index (χ4v) is 5.18. The van der Waals surface area contributed by atoms with Crippen molar-refractivity contribution in [2.45, 2.75) is 38.8 Å². The lowest BCUT2D eigenvalue weighted by molar-refractivity contribution is -0.115. The highest BCUT2D eigenvalue weighted by molar-refractivity contribution is 7.15. The van der Waals surface area contributed by atoms with Crippen LogP contribution in [0.4, 0.5) is 11.4 Å². The monoisotopic (exact) mass is 508 g/mol. The van der Waals surface area contributed by atoms with E-state index < -0.39 is 0 Å². The van der Waals surface area contributed by atoms with Gasteiger partial charge in [-0.1, -0.05) is 0 Å². The van der Waals surface area contributed by atoms with Gasteiger partial charge in [0.2, 0.25) is 5.91 Å². The fourth-order valence-electron chi connectivity index (χ4n) is 4.38. The van der Waals surface area contributed by atoms with Gasteiger partial charge in [-0.15, -0.1) is 11.3 Å². The number of aryl methyl sites for hydroxylation is 2. The van der Waals surface area contributed by atoms with E-state index in [-0.39, 0.29) is 30.5 Å². The van der Waals surface area contributed by atoms with Crippen LogP contribution < -0.4 is 16.0 Å². The molecule has 4 aromatic heterocycles. The number of nitrogens with zero attached hydrogens (tertiary/aromatic N) is 5. The van der Waals surface area contributed by atoms with E-state index in [0.29, 0.717) is 34.8 Å². The Morgan fingerprint density at radius 1 is 1.22 bits per heavy atom. The molecule has 36 heavy (non-hydrogen) atoms. The number of thiazole rings is 1. The first kappa shape index (κ1) is 24.1. The Morgan fingerprint density at radius 2 is 2.08 bits per heavy atom. The Labute approximate surface area is 211 Å². The third kappa shape index (κ3) is 5.01. The van der Waals surface area contributed by atoms with Gasteiger partial charge in [0.05, 0.1) is 53.9 Å². The van der Waals surface area contributed by atoms with Crippen molar-refractivity contribution in [3.8, 4) is 11.1 Å². The summed E-state index contributed by atoms with van der Waals surface area (Å²) < 4.78 is 8.92. The molecule has 2 amide bonds. The summed E-state index contributed by atoms with van der Waals surface area (Å²) in [7, 11) is 1.81. The van der Waals surface area contributed by atoms with Crippen molar-refractivity contribution < 1.29 is 14.3 Å². The highest BCUT2D eigenvalue weighted by atomic mass is 32.1. The third-order valence-electron chi connectivity index (χ3n) is 6.19. The first-order chi connectivity index (χ1) is 17.4. The number of anilines is 2. The smallest absolute Gasteiger partial charge is 0.260 e. The van der Waals surface area contributed by atoms with Gasteiger partial charge in [0, 0.05) is 48.6 Å². The maximum Gasteiger partial charge on any atom is 0.260 e. The Bertz CT molecular complexity index is 1410. The maximum atomic E-state index is 13.3. The molecule has 3 N–H and O–H groups in total. The predicted molar refractivity (Wildman–Crippen MR) is 137 cm³/mol. The molecule has 1 aliphatic rings. The van der Waals surface area contributed by atoms with Crippen molar-refractivity contribution >= 4 is 39.4 Å². The van der Waals surface area contributed by atoms with Crippen molar-refractivity contribution in [1.29, 1.82) is 0 Å². The first-order valence-electron chi connectivity index (χ1n) is 11.7. The quantitative estimate of drug-likeness (QED) is 0.350. The van der Waals surface area contributed by atoms with Crippen LogP contribution in [-0.2, 0) is 16.6 Å². The topological polar surface area (TPSA) is 127 Å². The molecular weight excluding hydrogens is 480 g/mol. The Kier molecular flexibility index (Phi) is 6.81. The number of rotatable bonds is 7. The SMILES string of the molecule is Cc1ncc(NC(=O)CNC2CCOC(C)C2)c(-c2cnn(C)c2)c1NC(=O)c1cnn2ccsc12. The zero-order chi connectivity index (χ0) is 25.2. The van der Waals surface area contributed by atoms with Gasteiger partial charge in [0.25, 0.3) is 5.91 Å². The zero-order valence-corrected chi connectivity index (χ0v) is 21.1. The van der Waals surface area contributed by atoms with E-state index in [4.69, 9.17) is 4.74 Å². The molecule has 188 valence electrons. The number of ether oxygens (including phenoxy) is 1. The summed E-state index contributed by atoms with van der Waals surface area (Å²) >= 11 is 1.44. The minimum atomic E-state index is -0.304. The molecule has 0 aliphatic carbocycles. The largest absolute Gasteiger partial charge is 0.378 e. The van der Waals surface area contributed by atoms with Crippen LogP contribution >= 0.6 is 11.3 Å². The van der Waals surface area contributed by atoms with Gasteiger partial charge in [0.1, 0.15) is 4.83 Å². The highest BCUT2D eigenvalue weighted by Gasteiger charge is 2.23. The molecule has 1 aliphatic heterocycles. The summed E-state index contributed by atoms with van der Waals surface area (Å²) in [6.07, 6.45) is 10.4. The second-order valence-corrected chi connectivity index (χ2v) is 9.80. The number of carbonyl (C=O) groups excluding carboxylic acids is 2. The number of hydrogen-bond acceptors (Lipinski definition) is 8. The molecule has 2 atom stereocenters. The first-order valence-corrected chi connectivity index (χ1v) is 12.6. The molecule has 4 aromatic rings. The molecule has 0 saturated carbocycles. The zero-order valence-electron chi connectivity index (χ0n) is 20.3. The van der Waals surface area contributed by atoms with E-state index >= 15 is 0 Å². The summed E-state index contributed by atoms with van der Waals surface area (Å²) in [5.41, 5.74) is 3.47. The van der Waals surface area contributed by atoms with E-state index in [9.17, 15) is 9.59 Å². The van der Waals surface area contributed by atoms with E-state index in [1.165, 1.54) is 11.3 Å². The van der Waals surface area contributed by atoms with Crippen molar-refractivity contribution in [2.24, 2.45) is 7.05 Å². The van der Waals surface area contributed by atoms with Crippen molar-refractivity contribution in [3.05, 3.63) is 47.6 Å². The Morgan fingerprint density at radius 3 is 2.86 bits per heavy atom. The number of hydrogen-bond donors (Lipinski definition) is 3. The van der Waals surface area contributed by atoms with Gasteiger partial charge in [0.15, 0.2) is 0 Å². The minimum Gasteiger partial charge on any atom is -0.378 e. The number of amides is 2. The molecule has 11 nitrogen and oxygen atoms in total. The minimum absolute atomic E-state index is 0.159. The highest BCUT2D eigenvalue weighted by Crippen LogP contribution is 2.37. The van der Waals surface area contributed by atoms with Crippen molar-refractivity contribution in [1.82, 2.24) is 29.7 Å². The second kappa shape index (κ2) is 10.2. The Balaban J connectivity index is 1.41. The lowest BCUT2D eigenvalue weighted by Crippen LogP contribution is -2.41. The van der Waals surface area contributed by atoms with Crippen molar-refractivity contribution in [3.63, 3.8) is 0 Å². The van der Waals surface area contributed by atoms with Crippen LogP contribution in [-0.4, -0.2) is 61.5 Å². The molecule has 0 spiro atoms. The number of carbonyl (C=O) groups is 2. The summed E-state index contributed by atoms with van der Waals surface area (Å²) in [5, 5.41) is 19.7. The van der Waals surface area contributed by atoms with Gasteiger partial charge in [-0.05, 0) is 26.7 Å². The van der Waals surface area contributed by atoms with Crippen LogP contribution in [0.25, 0.3) is 16.0 Å². The predicted octanol–water partition coefficient (Wildman–Crippen LogP) is 2.85. The van der Waals surface area contributed by atoms with Crippen LogP contribution in [0.2, 0.25) is 0 Å². The van der Waals surface area contributed by atoms with Gasteiger partial charge in [-0.3, -0.25) is 19.3 Å². The standard InChI is InChI=1S/C24H28N8O3S/c1-14-8-17(4-6-35-14)26-12-20(33)29-19-11-25-15(2)22(21(19)16-9-27-31(3)13-16)30-23(34)18-10-28-32-5-7-36-24(18)32/h5,7,9-11,13-14,17,26H,4,6,8,12H2,1-3H3,(H,29,33)(H,30,34). The van der Waals surface area contributed by atoms with Gasteiger partial charge in [-0.25, -0.2) is 4.52 Å². The maximum absolute atomic E-state index is 13.3. The van der Waals surface area contributed by atoms with Crippen LogP contribution in [0.15, 0.2) is 36.4 Å². The van der Waals surface area contributed by atoms with E-state index in [1.54, 1.807) is 34.0 Å². The third-order valence-corrected chi connectivity index (χ3v) is 7.08. The average molecular weight is 509 g/mol. The summed E-state index contributed by atoms with van der Waals surface area (Å²) in [6, 6.07) is 0.230. The van der Waals surface area contributed by atoms with Gasteiger partial charge >= 0.3 is 0 Å². The summed E-state index contributed by atoms with van der Waals surface area (Å²) in [5.74, 6) is -0.500. The van der Waals surface area contributed by atoms with Crippen molar-refractivity contribution in [2.75, 3.05) is 23.8 Å². The van der Waals surface area contributed by atoms with Crippen LogP contribution in [0.3, 0.4) is 0 Å². The molecule has 12 heteroatoms. The molecule has 0 bridgehead atoms. The number of nitrogens with one attached hydrogen (secondary N) is 3. The summed E-state index contributed by atoms with van der Waals surface area (Å²) in [4.78, 5) is 31.4. The lowest BCUT2D eigenvalue weighted by atomic mass is 10.0. The average Bonchev–Trinajstić information content (AvgIpc) is 3.57. The molecule has 2 unspecified atom stereocenters. The molecular formula is C24H28N8O3S. The molecule has 0 radical (unpaired) electrons. The van der Waals surface area contributed by atoms with E-state index in [2.05, 4.69) is 31.1 Å². The van der Waals surface area contributed by atoms with E-state index in [0.717, 1.165) is 23.2 Å². The number of fused-ring (bicyclic) bond motifs is 1. The van der Waals surface area contributed by atoms with Crippen LogP contribution in [0.1, 0.15) is 35.8 Å². The fraction of sp³-hybridized carbons (Fsp3) is 0.375. The molecule has 5 rings (SSSR count). The molecule has 0 aromatic carbocycles. The molecule has 5 heterocycles. The Hall–Kier alpha value is -3.61. The lowest BCUT2D eigenvalue weighted by Gasteiger charge is -2.27. The second-order valence-electron chi connectivity index (χ2n) is 8.91.